The summed E-state index contributed by atoms with van der Waals surface area (Å²) in [5.74, 6) is 1.32. The number of nitrogens with one attached hydrogen (secondary N) is 4. The van der Waals surface area contributed by atoms with Crippen LogP contribution in [0, 0.1) is 11.6 Å². The highest BCUT2D eigenvalue weighted by Gasteiger charge is 2.47. The van der Waals surface area contributed by atoms with Gasteiger partial charge in [-0.05, 0) is 116 Å². The van der Waals surface area contributed by atoms with Gasteiger partial charge < -0.3 is 68.0 Å². The Morgan fingerprint density at radius 1 is 0.312 bits per heavy atom. The number of ether oxygens (including phenoxy) is 8. The van der Waals surface area contributed by atoms with Gasteiger partial charge in [0.2, 0.25) is 0 Å². The molecule has 508 valence electrons. The molecule has 0 saturated carbocycles. The summed E-state index contributed by atoms with van der Waals surface area (Å²) < 4.78 is 87.9. The third-order valence-electron chi connectivity index (χ3n) is 19.6. The lowest BCUT2D eigenvalue weighted by Crippen LogP contribution is -2.43. The van der Waals surface area contributed by atoms with Crippen LogP contribution < -0.4 is 21.3 Å². The van der Waals surface area contributed by atoms with Crippen molar-refractivity contribution >= 4 is 22.7 Å². The molecule has 96 heavy (non-hydrogen) atoms. The second kappa shape index (κ2) is 27.5. The number of hydrogen-bond donors (Lipinski definition) is 4. The van der Waals surface area contributed by atoms with Gasteiger partial charge in [-0.2, -0.15) is 0 Å². The zero-order valence-electron chi connectivity index (χ0n) is 57.4. The summed E-state index contributed by atoms with van der Waals surface area (Å²) in [5.41, 5.74) is 15.8. The van der Waals surface area contributed by atoms with Crippen LogP contribution in [-0.4, -0.2) is 77.3 Å². The van der Waals surface area contributed by atoms with Crippen LogP contribution in [0.3, 0.4) is 0 Å². The van der Waals surface area contributed by atoms with Crippen molar-refractivity contribution in [1.82, 2.24) is 0 Å². The van der Waals surface area contributed by atoms with Gasteiger partial charge in [-0.3, -0.25) is 0 Å². The number of rotatable bonds is 4. The second-order valence-corrected chi connectivity index (χ2v) is 30.3. The summed E-state index contributed by atoms with van der Waals surface area (Å²) in [7, 11) is 0. The Kier molecular flexibility index (Phi) is 19.2. The molecule has 0 bridgehead atoms. The van der Waals surface area contributed by atoms with Crippen LogP contribution in [0.4, 0.5) is 31.5 Å². The number of hydrogen-bond acceptors (Lipinski definition) is 14. The van der Waals surface area contributed by atoms with Gasteiger partial charge in [0, 0.05) is 50.6 Å². The maximum Gasteiger partial charge on any atom is 0.128 e. The number of anilines is 4. The van der Waals surface area contributed by atoms with Crippen LogP contribution in [-0.2, 0) is 59.6 Å². The standard InChI is InChI=1S/2C21H24FNO2.2C19H23NO3/c1-21(2,3)14-7-8-17-16(12-14)19-20(25-10-9-24-19)18(23-17)13-5-4-6-15(22)11-13;1-21(2,3)13-8-9-17-15(12-13)19-20(25-11-10-24-19)18(23-17)14-6-4-5-7-16(14)22;2*1-19(2,3)12-6-7-14-13(11-12)17-18(23-10-9-22-17)16(20-14)15-5-4-8-21-15/h4-8,11-12,18-20,23H,9-10H2,1-3H3;4-9,12,18-20,23H,10-11H2,1-3H3;2*4-8,11,16-18,20H,9-10H2,1-3H3/t;18-,19+,20-;16-,17+,18-;/m.10./s1. The largest absolute Gasteiger partial charge is 0.467 e. The van der Waals surface area contributed by atoms with E-state index in [1.165, 1.54) is 45.5 Å². The SMILES string of the molecule is CC(C)(C)c1ccc2c(c1)C1OCCOC1C(c1cccc(F)c1)N2.CC(C)(C)c1ccc2c(c1)C1OCCOC1C(c1ccco1)N2.CC(C)(C)c1ccc2c(c1)[C@@H]1OCCO[C@@H]1[C@@H](c1ccccc1F)N2.CC(C)(C)c1ccc2c(c1)[C@H]1OCCO[C@H]1[C@H](c1ccco1)N2. The number of fused-ring (bicyclic) bond motifs is 12. The first-order valence-corrected chi connectivity index (χ1v) is 34.1. The Hall–Kier alpha value is -7.38. The molecule has 16 heteroatoms. The van der Waals surface area contributed by atoms with Crippen molar-refractivity contribution in [2.75, 3.05) is 74.1 Å². The monoisotopic (exact) mass is 1310 g/mol. The zero-order chi connectivity index (χ0) is 67.3. The van der Waals surface area contributed by atoms with E-state index in [4.69, 9.17) is 46.7 Å². The van der Waals surface area contributed by atoms with E-state index in [2.05, 4.69) is 177 Å². The van der Waals surface area contributed by atoms with E-state index < -0.39 is 0 Å². The maximum absolute atomic E-state index is 14.4. The molecule has 4 fully saturated rings. The second-order valence-electron chi connectivity index (χ2n) is 30.3. The van der Waals surface area contributed by atoms with E-state index in [9.17, 15) is 8.78 Å². The summed E-state index contributed by atoms with van der Waals surface area (Å²) in [4.78, 5) is 0. The summed E-state index contributed by atoms with van der Waals surface area (Å²) in [6.07, 6.45) is 2.41. The van der Waals surface area contributed by atoms with E-state index in [0.717, 1.165) is 51.0 Å². The molecule has 6 aromatic carbocycles. The summed E-state index contributed by atoms with van der Waals surface area (Å²) >= 11 is 0. The summed E-state index contributed by atoms with van der Waals surface area (Å²) in [6, 6.07) is 47.0. The third kappa shape index (κ3) is 14.2. The van der Waals surface area contributed by atoms with Crippen LogP contribution in [0.2, 0.25) is 0 Å². The third-order valence-corrected chi connectivity index (χ3v) is 19.6. The molecule has 0 aliphatic carbocycles. The molecular formula is C80H94F2N4O10. The van der Waals surface area contributed by atoms with E-state index >= 15 is 0 Å². The fourth-order valence-corrected chi connectivity index (χ4v) is 14.3. The lowest BCUT2D eigenvalue weighted by Gasteiger charge is -2.43. The van der Waals surface area contributed by atoms with Crippen molar-refractivity contribution in [2.45, 2.75) is 178 Å². The minimum atomic E-state index is -0.264. The normalized spacial score (nSPS) is 26.3. The molecule has 2 aromatic heterocycles. The molecule has 0 radical (unpaired) electrons. The topological polar surface area (TPSA) is 148 Å². The lowest BCUT2D eigenvalue weighted by molar-refractivity contribution is -0.152. The summed E-state index contributed by atoms with van der Waals surface area (Å²) in [5, 5.41) is 14.2. The van der Waals surface area contributed by atoms with E-state index in [1.807, 2.05) is 42.5 Å². The first-order valence-electron chi connectivity index (χ1n) is 34.1. The average Bonchev–Trinajstić information content (AvgIpc) is 1.47. The molecule has 4 N–H and O–H groups in total. The molecule has 16 rings (SSSR count). The fourth-order valence-electron chi connectivity index (χ4n) is 14.3. The van der Waals surface area contributed by atoms with Gasteiger partial charge in [0.25, 0.3) is 0 Å². The van der Waals surface area contributed by atoms with Gasteiger partial charge in [0.05, 0.1) is 77.5 Å². The van der Waals surface area contributed by atoms with Crippen molar-refractivity contribution in [1.29, 1.82) is 0 Å². The molecule has 10 heterocycles. The maximum atomic E-state index is 14.4. The van der Waals surface area contributed by atoms with Gasteiger partial charge in [-0.15, -0.1) is 0 Å². The van der Waals surface area contributed by atoms with Crippen LogP contribution in [0.15, 0.2) is 167 Å². The summed E-state index contributed by atoms with van der Waals surface area (Å²) in [6.45, 7) is 31.3. The molecule has 6 unspecified atom stereocenters. The highest BCUT2D eigenvalue weighted by Crippen LogP contribution is 2.50. The van der Waals surface area contributed by atoms with Gasteiger partial charge >= 0.3 is 0 Å². The molecule has 8 aromatic rings. The molecule has 8 aliphatic heterocycles. The number of benzene rings is 6. The minimum absolute atomic E-state index is 0.0247. The van der Waals surface area contributed by atoms with E-state index in [1.54, 1.807) is 30.7 Å². The van der Waals surface area contributed by atoms with Crippen molar-refractivity contribution in [3.8, 4) is 0 Å². The van der Waals surface area contributed by atoms with Crippen LogP contribution >= 0.6 is 0 Å². The molecule has 8 aliphatic rings. The first kappa shape index (κ1) is 67.2. The van der Waals surface area contributed by atoms with Crippen molar-refractivity contribution < 1.29 is 55.5 Å². The van der Waals surface area contributed by atoms with Crippen molar-refractivity contribution in [3.63, 3.8) is 0 Å². The van der Waals surface area contributed by atoms with Crippen molar-refractivity contribution in [2.24, 2.45) is 0 Å². The Bertz CT molecular complexity index is 3840. The molecule has 14 nitrogen and oxygen atoms in total. The van der Waals surface area contributed by atoms with Gasteiger partial charge in [0.1, 0.15) is 84.1 Å². The zero-order valence-corrected chi connectivity index (χ0v) is 57.4. The molecule has 4 saturated heterocycles. The van der Waals surface area contributed by atoms with Crippen LogP contribution in [0.1, 0.15) is 199 Å². The smallest absolute Gasteiger partial charge is 0.128 e. The van der Waals surface area contributed by atoms with Crippen LogP contribution in [0.5, 0.6) is 0 Å². The molecule has 12 atom stereocenters. The molecule has 0 spiro atoms. The average molecular weight is 1310 g/mol. The van der Waals surface area contributed by atoms with E-state index in [-0.39, 0.29) is 106 Å². The highest BCUT2D eigenvalue weighted by atomic mass is 19.1. The first-order chi connectivity index (χ1) is 46.0. The lowest BCUT2D eigenvalue weighted by atomic mass is 9.82. The Morgan fingerprint density at radius 2 is 0.646 bits per heavy atom. The van der Waals surface area contributed by atoms with Gasteiger partial charge in [0.15, 0.2) is 0 Å². The Morgan fingerprint density at radius 3 is 0.990 bits per heavy atom. The number of furan rings is 2. The predicted molar refractivity (Wildman–Crippen MR) is 370 cm³/mol. The predicted octanol–water partition coefficient (Wildman–Crippen LogP) is 17.9. The van der Waals surface area contributed by atoms with E-state index in [0.29, 0.717) is 58.4 Å². The van der Waals surface area contributed by atoms with Crippen LogP contribution in [0.25, 0.3) is 0 Å². The van der Waals surface area contributed by atoms with Crippen molar-refractivity contribution in [3.05, 3.63) is 237 Å². The number of halogens is 2. The highest BCUT2D eigenvalue weighted by molar-refractivity contribution is 5.63. The Balaban J connectivity index is 0.000000116. The quantitative estimate of drug-likeness (QED) is 0.132. The molecular weight excluding hydrogens is 1210 g/mol. The Labute approximate surface area is 564 Å². The minimum Gasteiger partial charge on any atom is -0.467 e. The fraction of sp³-hybridized carbons (Fsp3) is 0.450. The molecule has 0 amide bonds. The van der Waals surface area contributed by atoms with Gasteiger partial charge in [-0.25, -0.2) is 8.78 Å². The van der Waals surface area contributed by atoms with Gasteiger partial charge in [-0.1, -0.05) is 162 Å².